The van der Waals surface area contributed by atoms with Gasteiger partial charge in [0.1, 0.15) is 0 Å². The normalized spacial score (nSPS) is 9.33. The molecule has 1 rings (SSSR count). The van der Waals surface area contributed by atoms with Crippen LogP contribution in [0, 0.1) is 0 Å². The fraction of sp³-hybridized carbons (Fsp3) is 0. The minimum absolute atomic E-state index is 0.190. The Hall–Kier alpha value is -1.84. The quantitative estimate of drug-likeness (QED) is 0.691. The van der Waals surface area contributed by atoms with Crippen LogP contribution in [0.3, 0.4) is 0 Å². The number of carboxylic acid groups (broad SMARTS) is 2. The molecule has 1 aromatic carbocycles. The van der Waals surface area contributed by atoms with Crippen LogP contribution >= 0.6 is 0 Å². The van der Waals surface area contributed by atoms with Crippen LogP contribution in [-0.4, -0.2) is 22.2 Å². The van der Waals surface area contributed by atoms with Crippen molar-refractivity contribution in [3.63, 3.8) is 0 Å². The maximum atomic E-state index is 10.5. The standard InChI is InChI=1S/C8H6O4/c9-7(10)5-3-1-2-4-6(5)8(11)12/h1-4H,(H,9,10)(H,11,12)/i5+1. The molecule has 0 bridgehead atoms. The Morgan fingerprint density at radius 3 is 1.50 bits per heavy atom. The summed E-state index contributed by atoms with van der Waals surface area (Å²) in [5.41, 5.74) is -0.380. The van der Waals surface area contributed by atoms with E-state index in [1.54, 1.807) is 0 Å². The van der Waals surface area contributed by atoms with E-state index in [0.717, 1.165) is 0 Å². The van der Waals surface area contributed by atoms with Gasteiger partial charge in [-0.3, -0.25) is 0 Å². The van der Waals surface area contributed by atoms with Gasteiger partial charge in [0.15, 0.2) is 0 Å². The molecule has 2 N–H and O–H groups in total. The Labute approximate surface area is 68.1 Å². The SMILES string of the molecule is O=C(O)c1cccc[13c]1C(=O)O. The monoisotopic (exact) mass is 167 g/mol. The summed E-state index contributed by atoms with van der Waals surface area (Å²) in [4.78, 5) is 20.9. The van der Waals surface area contributed by atoms with Crippen molar-refractivity contribution in [2.24, 2.45) is 0 Å². The summed E-state index contributed by atoms with van der Waals surface area (Å²) in [5, 5.41) is 17.1. The van der Waals surface area contributed by atoms with Gasteiger partial charge < -0.3 is 10.2 Å². The zero-order valence-electron chi connectivity index (χ0n) is 6.02. The Balaban J connectivity index is 3.27. The Kier molecular flexibility index (Phi) is 2.09. The highest BCUT2D eigenvalue weighted by Crippen LogP contribution is 2.07. The molecule has 0 atom stereocenters. The number of benzene rings is 1. The van der Waals surface area contributed by atoms with Crippen molar-refractivity contribution in [1.29, 1.82) is 0 Å². The van der Waals surface area contributed by atoms with Crippen LogP contribution in [0.1, 0.15) is 20.7 Å². The molecular formula is C8H6O4. The highest BCUT2D eigenvalue weighted by atomic mass is 16.4. The highest BCUT2D eigenvalue weighted by Gasteiger charge is 2.13. The van der Waals surface area contributed by atoms with Gasteiger partial charge in [0.05, 0.1) is 11.1 Å². The van der Waals surface area contributed by atoms with Gasteiger partial charge in [-0.1, -0.05) is 12.1 Å². The molecule has 0 unspecified atom stereocenters. The van der Waals surface area contributed by atoms with Crippen molar-refractivity contribution in [2.45, 2.75) is 0 Å². The van der Waals surface area contributed by atoms with Gasteiger partial charge in [-0.25, -0.2) is 9.59 Å². The number of carbonyl (C=O) groups is 2. The van der Waals surface area contributed by atoms with Crippen molar-refractivity contribution < 1.29 is 19.8 Å². The minimum atomic E-state index is -1.23. The second-order valence-electron chi connectivity index (χ2n) is 2.16. The largest absolute Gasteiger partial charge is 0.478 e. The molecule has 0 saturated carbocycles. The summed E-state index contributed by atoms with van der Waals surface area (Å²) in [6.07, 6.45) is 0. The van der Waals surface area contributed by atoms with Crippen LogP contribution in [-0.2, 0) is 0 Å². The first-order valence-electron chi connectivity index (χ1n) is 3.18. The van der Waals surface area contributed by atoms with E-state index in [1.165, 1.54) is 24.3 Å². The summed E-state index contributed by atoms with van der Waals surface area (Å²) in [5.74, 6) is -2.46. The molecule has 0 saturated heterocycles. The minimum Gasteiger partial charge on any atom is -0.478 e. The molecular weight excluding hydrogens is 161 g/mol. The van der Waals surface area contributed by atoms with E-state index in [9.17, 15) is 9.59 Å². The summed E-state index contributed by atoms with van der Waals surface area (Å²) in [7, 11) is 0. The van der Waals surface area contributed by atoms with Crippen LogP contribution in [0.2, 0.25) is 0 Å². The fourth-order valence-corrected chi connectivity index (χ4v) is 0.856. The third kappa shape index (κ3) is 1.42. The maximum absolute atomic E-state index is 10.5. The highest BCUT2D eigenvalue weighted by molar-refractivity contribution is 6.01. The van der Waals surface area contributed by atoms with Crippen molar-refractivity contribution >= 4 is 11.9 Å². The molecule has 0 heterocycles. The van der Waals surface area contributed by atoms with Crippen molar-refractivity contribution in [2.75, 3.05) is 0 Å². The van der Waals surface area contributed by atoms with E-state index in [0.29, 0.717) is 0 Å². The lowest BCUT2D eigenvalue weighted by molar-refractivity contribution is 0.0651. The Morgan fingerprint density at radius 2 is 1.25 bits per heavy atom. The van der Waals surface area contributed by atoms with Gasteiger partial charge in [-0.05, 0) is 12.1 Å². The Bertz CT molecular complexity index is 297. The summed E-state index contributed by atoms with van der Waals surface area (Å²) >= 11 is 0. The van der Waals surface area contributed by atoms with Crippen LogP contribution < -0.4 is 0 Å². The van der Waals surface area contributed by atoms with Crippen molar-refractivity contribution in [3.8, 4) is 0 Å². The third-order valence-corrected chi connectivity index (χ3v) is 1.39. The number of rotatable bonds is 2. The van der Waals surface area contributed by atoms with Gasteiger partial charge in [0.25, 0.3) is 0 Å². The second-order valence-corrected chi connectivity index (χ2v) is 2.16. The second kappa shape index (κ2) is 3.04. The van der Waals surface area contributed by atoms with Crippen molar-refractivity contribution in [1.82, 2.24) is 0 Å². The molecule has 4 heteroatoms. The summed E-state index contributed by atoms with van der Waals surface area (Å²) in [6, 6.07) is 5.48. The van der Waals surface area contributed by atoms with Crippen LogP contribution in [0.25, 0.3) is 0 Å². The van der Waals surface area contributed by atoms with E-state index < -0.39 is 11.9 Å². The lowest BCUT2D eigenvalue weighted by Crippen LogP contribution is -2.06. The molecule has 0 spiro atoms. The van der Waals surface area contributed by atoms with E-state index >= 15 is 0 Å². The topological polar surface area (TPSA) is 74.6 Å². The molecule has 0 amide bonds. The fourth-order valence-electron chi connectivity index (χ4n) is 0.856. The molecule has 62 valence electrons. The molecule has 0 aromatic heterocycles. The molecule has 0 aliphatic rings. The third-order valence-electron chi connectivity index (χ3n) is 1.39. The molecule has 0 radical (unpaired) electrons. The average molecular weight is 167 g/mol. The van der Waals surface area contributed by atoms with Gasteiger partial charge >= 0.3 is 11.9 Å². The molecule has 12 heavy (non-hydrogen) atoms. The summed E-state index contributed by atoms with van der Waals surface area (Å²) in [6.45, 7) is 0. The van der Waals surface area contributed by atoms with Crippen molar-refractivity contribution in [3.05, 3.63) is 35.4 Å². The van der Waals surface area contributed by atoms with E-state index in [-0.39, 0.29) is 11.1 Å². The lowest BCUT2D eigenvalue weighted by Gasteiger charge is -1.98. The van der Waals surface area contributed by atoms with Crippen LogP contribution in [0.5, 0.6) is 0 Å². The zero-order valence-corrected chi connectivity index (χ0v) is 6.02. The molecule has 0 aliphatic heterocycles. The zero-order chi connectivity index (χ0) is 9.14. The number of aromatic carboxylic acids is 2. The van der Waals surface area contributed by atoms with Gasteiger partial charge in [0, 0.05) is 0 Å². The smallest absolute Gasteiger partial charge is 0.336 e. The van der Waals surface area contributed by atoms with Gasteiger partial charge in [-0.2, -0.15) is 0 Å². The first-order valence-corrected chi connectivity index (χ1v) is 3.18. The summed E-state index contributed by atoms with van der Waals surface area (Å²) < 4.78 is 0. The predicted octanol–water partition coefficient (Wildman–Crippen LogP) is 1.08. The van der Waals surface area contributed by atoms with Crippen LogP contribution in [0.4, 0.5) is 0 Å². The van der Waals surface area contributed by atoms with E-state index in [2.05, 4.69) is 0 Å². The van der Waals surface area contributed by atoms with Gasteiger partial charge in [-0.15, -0.1) is 0 Å². The molecule has 1 aromatic rings. The molecule has 0 aliphatic carbocycles. The van der Waals surface area contributed by atoms with Gasteiger partial charge in [0.2, 0.25) is 0 Å². The lowest BCUT2D eigenvalue weighted by atomic mass is 10.3. The first kappa shape index (κ1) is 8.26. The maximum Gasteiger partial charge on any atom is 0.336 e. The number of hydrogen-bond donors (Lipinski definition) is 2. The molecule has 4 nitrogen and oxygen atoms in total. The molecule has 0 fully saturated rings. The average Bonchev–Trinajstić information content (AvgIpc) is 2.04. The Morgan fingerprint density at radius 1 is 0.917 bits per heavy atom. The first-order chi connectivity index (χ1) is 5.63. The van der Waals surface area contributed by atoms with Crippen LogP contribution in [0.15, 0.2) is 24.3 Å². The predicted molar refractivity (Wildman–Crippen MR) is 40.4 cm³/mol. The number of hydrogen-bond acceptors (Lipinski definition) is 2. The van der Waals surface area contributed by atoms with E-state index in [1.807, 2.05) is 0 Å². The van der Waals surface area contributed by atoms with E-state index in [4.69, 9.17) is 10.2 Å². The number of carboxylic acids is 2.